The van der Waals surface area contributed by atoms with Crippen LogP contribution in [0.5, 0.6) is 11.5 Å². The van der Waals surface area contributed by atoms with Crippen LogP contribution in [0.3, 0.4) is 0 Å². The highest BCUT2D eigenvalue weighted by Gasteiger charge is 2.28. The maximum absolute atomic E-state index is 13.9. The number of carbonyl (C=O) groups excluding carboxylic acids is 1. The first-order valence-corrected chi connectivity index (χ1v) is 11.7. The van der Waals surface area contributed by atoms with Gasteiger partial charge in [0, 0.05) is 11.6 Å². The lowest BCUT2D eigenvalue weighted by molar-refractivity contribution is -0.119. The van der Waals surface area contributed by atoms with Gasteiger partial charge in [-0.1, -0.05) is 35.9 Å². The summed E-state index contributed by atoms with van der Waals surface area (Å²) in [5.74, 6) is -0.720. The Morgan fingerprint density at radius 1 is 1.06 bits per heavy atom. The van der Waals surface area contributed by atoms with Gasteiger partial charge >= 0.3 is 0 Å². The monoisotopic (exact) mass is 505 g/mol. The molecule has 34 heavy (non-hydrogen) atoms. The second kappa shape index (κ2) is 11.0. The Bertz CT molecular complexity index is 1280. The summed E-state index contributed by atoms with van der Waals surface area (Å²) in [4.78, 5) is 12.6. The number of methoxy groups -OCH3 is 2. The molecule has 0 saturated heterocycles. The molecule has 3 aromatic carbocycles. The van der Waals surface area contributed by atoms with Gasteiger partial charge in [-0.25, -0.2) is 18.2 Å². The zero-order valence-corrected chi connectivity index (χ0v) is 19.8. The van der Waals surface area contributed by atoms with Crippen LogP contribution in [0.2, 0.25) is 5.02 Å². The van der Waals surface area contributed by atoms with Crippen LogP contribution in [0.25, 0.3) is 0 Å². The maximum atomic E-state index is 13.9. The average Bonchev–Trinajstić information content (AvgIpc) is 2.84. The van der Waals surface area contributed by atoms with E-state index in [0.717, 1.165) is 10.5 Å². The fourth-order valence-electron chi connectivity index (χ4n) is 2.98. The number of rotatable bonds is 9. The van der Waals surface area contributed by atoms with Crippen molar-refractivity contribution in [3.63, 3.8) is 0 Å². The summed E-state index contributed by atoms with van der Waals surface area (Å²) in [5, 5.41) is 3.82. The van der Waals surface area contributed by atoms with E-state index in [0.29, 0.717) is 5.75 Å². The van der Waals surface area contributed by atoms with Crippen LogP contribution in [0.1, 0.15) is 5.56 Å². The molecule has 0 heterocycles. The highest BCUT2D eigenvalue weighted by atomic mass is 35.5. The van der Waals surface area contributed by atoms with Crippen LogP contribution in [0.15, 0.2) is 76.7 Å². The van der Waals surface area contributed by atoms with Crippen LogP contribution < -0.4 is 19.2 Å². The molecule has 0 atom stereocenters. The van der Waals surface area contributed by atoms with Crippen LogP contribution in [-0.4, -0.2) is 41.3 Å². The molecule has 0 radical (unpaired) electrons. The summed E-state index contributed by atoms with van der Waals surface area (Å²) in [6.07, 6.45) is 1.04. The third kappa shape index (κ3) is 5.64. The zero-order chi connectivity index (χ0) is 24.7. The second-order valence-electron chi connectivity index (χ2n) is 6.79. The van der Waals surface area contributed by atoms with E-state index in [1.54, 1.807) is 18.2 Å². The van der Waals surface area contributed by atoms with Gasteiger partial charge in [0.2, 0.25) is 0 Å². The number of benzene rings is 3. The number of amides is 1. The second-order valence-corrected chi connectivity index (χ2v) is 9.06. The standard InChI is InChI=1S/C23H21ClFN3O5S/c1-32-21-12-11-16(13-22(21)33-2)28(34(30,31)17-7-4-3-5-8-17)15-23(29)27-26-14-18-19(24)9-6-10-20(18)25/h3-14H,15H2,1-2H3,(H,27,29). The van der Waals surface area contributed by atoms with Crippen LogP contribution in [-0.2, 0) is 14.8 Å². The summed E-state index contributed by atoms with van der Waals surface area (Å²) in [6, 6.07) is 16.2. The zero-order valence-electron chi connectivity index (χ0n) is 18.2. The minimum Gasteiger partial charge on any atom is -0.493 e. The van der Waals surface area contributed by atoms with Crippen molar-refractivity contribution in [2.24, 2.45) is 5.10 Å². The van der Waals surface area contributed by atoms with Crippen molar-refractivity contribution in [3.05, 3.63) is 83.1 Å². The van der Waals surface area contributed by atoms with Gasteiger partial charge in [0.25, 0.3) is 15.9 Å². The van der Waals surface area contributed by atoms with E-state index in [1.165, 1.54) is 62.8 Å². The van der Waals surface area contributed by atoms with E-state index in [2.05, 4.69) is 10.5 Å². The number of sulfonamides is 1. The van der Waals surface area contributed by atoms with Crippen molar-refractivity contribution in [1.82, 2.24) is 5.43 Å². The van der Waals surface area contributed by atoms with E-state index < -0.39 is 28.3 Å². The Balaban J connectivity index is 1.91. The van der Waals surface area contributed by atoms with Crippen LogP contribution >= 0.6 is 11.6 Å². The normalized spacial score (nSPS) is 11.3. The predicted octanol–water partition coefficient (Wildman–Crippen LogP) is 3.84. The SMILES string of the molecule is COc1ccc(N(CC(=O)NN=Cc2c(F)cccc2Cl)S(=O)(=O)c2ccccc2)cc1OC. The van der Waals surface area contributed by atoms with E-state index in [1.807, 2.05) is 0 Å². The molecular weight excluding hydrogens is 485 g/mol. The molecule has 0 unspecified atom stereocenters. The molecule has 0 aliphatic rings. The van der Waals surface area contributed by atoms with Gasteiger partial charge in [0.05, 0.1) is 36.0 Å². The number of hydrogen-bond donors (Lipinski definition) is 1. The number of halogens is 2. The lowest BCUT2D eigenvalue weighted by Crippen LogP contribution is -2.39. The van der Waals surface area contributed by atoms with Crippen LogP contribution in [0.4, 0.5) is 10.1 Å². The van der Waals surface area contributed by atoms with Gasteiger partial charge in [0.1, 0.15) is 12.4 Å². The van der Waals surface area contributed by atoms with Crippen LogP contribution in [0, 0.1) is 5.82 Å². The third-order valence-electron chi connectivity index (χ3n) is 4.66. The molecule has 0 aliphatic heterocycles. The number of nitrogens with one attached hydrogen (secondary N) is 1. The third-order valence-corrected chi connectivity index (χ3v) is 6.77. The molecule has 178 valence electrons. The van der Waals surface area contributed by atoms with E-state index in [-0.39, 0.29) is 26.9 Å². The summed E-state index contributed by atoms with van der Waals surface area (Å²) in [7, 11) is -1.28. The number of nitrogens with zero attached hydrogens (tertiary/aromatic N) is 2. The summed E-state index contributed by atoms with van der Waals surface area (Å²) >= 11 is 5.94. The molecule has 3 rings (SSSR count). The molecule has 3 aromatic rings. The highest BCUT2D eigenvalue weighted by molar-refractivity contribution is 7.92. The summed E-state index contributed by atoms with van der Waals surface area (Å²) in [5.41, 5.74) is 2.35. The minimum atomic E-state index is -4.14. The molecule has 1 N–H and O–H groups in total. The van der Waals surface area contributed by atoms with Gasteiger partial charge in [-0.3, -0.25) is 9.10 Å². The van der Waals surface area contributed by atoms with Gasteiger partial charge < -0.3 is 9.47 Å². The van der Waals surface area contributed by atoms with Gasteiger partial charge in [-0.05, 0) is 36.4 Å². The molecule has 11 heteroatoms. The Morgan fingerprint density at radius 3 is 2.41 bits per heavy atom. The van der Waals surface area contributed by atoms with Gasteiger partial charge in [-0.2, -0.15) is 5.10 Å². The Hall–Kier alpha value is -3.63. The number of anilines is 1. The average molecular weight is 506 g/mol. The molecule has 0 saturated carbocycles. The number of hydrazone groups is 1. The molecule has 0 spiro atoms. The number of hydrogen-bond acceptors (Lipinski definition) is 6. The predicted molar refractivity (Wildman–Crippen MR) is 128 cm³/mol. The quantitative estimate of drug-likeness (QED) is 0.352. The minimum absolute atomic E-state index is 0.0146. The molecule has 0 aliphatic carbocycles. The van der Waals surface area contributed by atoms with E-state index in [4.69, 9.17) is 21.1 Å². The Morgan fingerprint density at radius 2 is 1.76 bits per heavy atom. The van der Waals surface area contributed by atoms with Crippen molar-refractivity contribution in [3.8, 4) is 11.5 Å². The highest BCUT2D eigenvalue weighted by Crippen LogP contribution is 2.33. The van der Waals surface area contributed by atoms with Crippen molar-refractivity contribution in [1.29, 1.82) is 0 Å². The fourth-order valence-corrected chi connectivity index (χ4v) is 4.63. The van der Waals surface area contributed by atoms with Gasteiger partial charge in [0.15, 0.2) is 11.5 Å². The lowest BCUT2D eigenvalue weighted by atomic mass is 10.2. The fraction of sp³-hybridized carbons (Fsp3) is 0.130. The summed E-state index contributed by atoms with van der Waals surface area (Å²) < 4.78 is 52.0. The van der Waals surface area contributed by atoms with Crippen molar-refractivity contribution < 1.29 is 27.1 Å². The number of ether oxygens (including phenoxy) is 2. The largest absolute Gasteiger partial charge is 0.493 e. The smallest absolute Gasteiger partial charge is 0.264 e. The molecular formula is C23H21ClFN3O5S. The molecule has 8 nitrogen and oxygen atoms in total. The Labute approximate surface area is 201 Å². The molecule has 0 fully saturated rings. The maximum Gasteiger partial charge on any atom is 0.264 e. The number of carbonyl (C=O) groups is 1. The lowest BCUT2D eigenvalue weighted by Gasteiger charge is -2.24. The first-order valence-electron chi connectivity index (χ1n) is 9.83. The van der Waals surface area contributed by atoms with Crippen molar-refractivity contribution in [2.45, 2.75) is 4.90 Å². The Kier molecular flexibility index (Phi) is 8.08. The van der Waals surface area contributed by atoms with Gasteiger partial charge in [-0.15, -0.1) is 0 Å². The topological polar surface area (TPSA) is 97.3 Å². The van der Waals surface area contributed by atoms with E-state index in [9.17, 15) is 17.6 Å². The summed E-state index contributed by atoms with van der Waals surface area (Å²) in [6.45, 7) is -0.616. The molecule has 1 amide bonds. The van der Waals surface area contributed by atoms with Crippen molar-refractivity contribution >= 4 is 39.4 Å². The molecule has 0 aromatic heterocycles. The first kappa shape index (κ1) is 25.0. The van der Waals surface area contributed by atoms with E-state index >= 15 is 0 Å². The first-order chi connectivity index (χ1) is 16.3. The van der Waals surface area contributed by atoms with Crippen molar-refractivity contribution in [2.75, 3.05) is 25.1 Å². The molecule has 0 bridgehead atoms.